The van der Waals surface area contributed by atoms with Gasteiger partial charge in [0.1, 0.15) is 5.69 Å². The smallest absolute Gasteiger partial charge is 0.292 e. The number of nitro groups is 1. The van der Waals surface area contributed by atoms with Crippen molar-refractivity contribution in [2.45, 2.75) is 4.90 Å². The second-order valence-electron chi connectivity index (χ2n) is 6.04. The zero-order valence-corrected chi connectivity index (χ0v) is 17.4. The summed E-state index contributed by atoms with van der Waals surface area (Å²) in [7, 11) is -3.59. The first-order valence-electron chi connectivity index (χ1n) is 8.47. The number of morpholine rings is 1. The molecule has 0 atom stereocenters. The molecule has 12 heteroatoms. The van der Waals surface area contributed by atoms with Gasteiger partial charge in [-0.25, -0.2) is 8.42 Å². The molecule has 0 unspecified atom stereocenters. The van der Waals surface area contributed by atoms with E-state index in [4.69, 9.17) is 28.6 Å². The van der Waals surface area contributed by atoms with E-state index >= 15 is 0 Å². The van der Waals surface area contributed by atoms with E-state index < -0.39 is 14.9 Å². The lowest BCUT2D eigenvalue weighted by Crippen LogP contribution is -2.40. The van der Waals surface area contributed by atoms with E-state index in [9.17, 15) is 18.5 Å². The predicted octanol–water partition coefficient (Wildman–Crippen LogP) is 3.08. The SMILES string of the molecule is O=[N+]([O-])c1ccc(Cl)cc1NC(=S)Nc1ccc(S(=O)(=O)N2CCOCC2)cc1. The summed E-state index contributed by atoms with van der Waals surface area (Å²) in [4.78, 5) is 10.7. The quantitative estimate of drug-likeness (QED) is 0.401. The molecule has 1 saturated heterocycles. The summed E-state index contributed by atoms with van der Waals surface area (Å²) in [6, 6.07) is 10.1. The molecule has 0 aliphatic carbocycles. The Bertz CT molecular complexity index is 1020. The van der Waals surface area contributed by atoms with Crippen molar-refractivity contribution in [1.29, 1.82) is 0 Å². The standard InChI is InChI=1S/C17H17ClN4O5S2/c18-12-1-6-16(22(23)24)15(11-12)20-17(28)19-13-2-4-14(5-3-13)29(25,26)21-7-9-27-10-8-21/h1-6,11H,7-10H2,(H2,19,20,28). The Morgan fingerprint density at radius 1 is 1.14 bits per heavy atom. The molecular formula is C17H17ClN4O5S2. The Hall–Kier alpha value is -2.31. The molecule has 0 saturated carbocycles. The van der Waals surface area contributed by atoms with E-state index in [1.165, 1.54) is 34.6 Å². The minimum Gasteiger partial charge on any atom is -0.379 e. The fourth-order valence-electron chi connectivity index (χ4n) is 2.70. The summed E-state index contributed by atoms with van der Waals surface area (Å²) in [5, 5.41) is 17.1. The number of nitrogens with zero attached hydrogens (tertiary/aromatic N) is 2. The minimum atomic E-state index is -3.59. The van der Waals surface area contributed by atoms with Crippen LogP contribution in [0.4, 0.5) is 17.1 Å². The molecule has 154 valence electrons. The van der Waals surface area contributed by atoms with Crippen molar-refractivity contribution in [3.8, 4) is 0 Å². The van der Waals surface area contributed by atoms with E-state index in [1.54, 1.807) is 12.1 Å². The maximum atomic E-state index is 12.6. The van der Waals surface area contributed by atoms with Crippen LogP contribution in [0.3, 0.4) is 0 Å². The van der Waals surface area contributed by atoms with Crippen LogP contribution in [0.25, 0.3) is 0 Å². The highest BCUT2D eigenvalue weighted by Crippen LogP contribution is 2.28. The van der Waals surface area contributed by atoms with E-state index in [0.717, 1.165) is 0 Å². The topological polar surface area (TPSA) is 114 Å². The third kappa shape index (κ3) is 5.19. The van der Waals surface area contributed by atoms with Crippen LogP contribution in [0.1, 0.15) is 0 Å². The normalized spacial score (nSPS) is 14.9. The lowest BCUT2D eigenvalue weighted by molar-refractivity contribution is -0.383. The van der Waals surface area contributed by atoms with Gasteiger partial charge in [-0.2, -0.15) is 4.31 Å². The second-order valence-corrected chi connectivity index (χ2v) is 8.82. The number of hydrogen-bond acceptors (Lipinski definition) is 6. The highest BCUT2D eigenvalue weighted by Gasteiger charge is 2.26. The average Bonchev–Trinajstić information content (AvgIpc) is 2.69. The summed E-state index contributed by atoms with van der Waals surface area (Å²) < 4.78 is 31.8. The Balaban J connectivity index is 1.69. The number of thiocarbonyl (C=S) groups is 1. The van der Waals surface area contributed by atoms with E-state index in [2.05, 4.69) is 10.6 Å². The fourth-order valence-corrected chi connectivity index (χ4v) is 4.51. The van der Waals surface area contributed by atoms with Crippen LogP contribution in [0.2, 0.25) is 5.02 Å². The number of anilines is 2. The molecule has 2 N–H and O–H groups in total. The first kappa shape index (κ1) is 21.4. The fraction of sp³-hybridized carbons (Fsp3) is 0.235. The van der Waals surface area contributed by atoms with Crippen LogP contribution < -0.4 is 10.6 Å². The molecule has 29 heavy (non-hydrogen) atoms. The van der Waals surface area contributed by atoms with Gasteiger partial charge in [0, 0.05) is 29.9 Å². The molecule has 9 nitrogen and oxygen atoms in total. The third-order valence-electron chi connectivity index (χ3n) is 4.12. The average molecular weight is 457 g/mol. The Morgan fingerprint density at radius 2 is 1.79 bits per heavy atom. The van der Waals surface area contributed by atoms with Gasteiger partial charge < -0.3 is 15.4 Å². The molecule has 1 aliphatic rings. The third-order valence-corrected chi connectivity index (χ3v) is 6.48. The molecular weight excluding hydrogens is 440 g/mol. The number of nitrogens with one attached hydrogen (secondary N) is 2. The van der Waals surface area contributed by atoms with Gasteiger partial charge in [-0.3, -0.25) is 10.1 Å². The lowest BCUT2D eigenvalue weighted by Gasteiger charge is -2.26. The highest BCUT2D eigenvalue weighted by atomic mass is 35.5. The lowest BCUT2D eigenvalue weighted by atomic mass is 10.2. The molecule has 0 aromatic heterocycles. The number of hydrogen-bond donors (Lipinski definition) is 2. The minimum absolute atomic E-state index is 0.0964. The monoisotopic (exact) mass is 456 g/mol. The van der Waals surface area contributed by atoms with Crippen LogP contribution in [0.15, 0.2) is 47.4 Å². The molecule has 0 radical (unpaired) electrons. The van der Waals surface area contributed by atoms with Gasteiger partial charge in [0.25, 0.3) is 5.69 Å². The van der Waals surface area contributed by atoms with Crippen LogP contribution in [0, 0.1) is 10.1 Å². The van der Waals surface area contributed by atoms with Crippen molar-refractivity contribution in [3.05, 3.63) is 57.6 Å². The predicted molar refractivity (Wildman–Crippen MR) is 114 cm³/mol. The van der Waals surface area contributed by atoms with Gasteiger partial charge in [0.05, 0.1) is 23.0 Å². The maximum absolute atomic E-state index is 12.6. The van der Waals surface area contributed by atoms with E-state index in [1.807, 2.05) is 0 Å². The molecule has 0 amide bonds. The number of rotatable bonds is 5. The van der Waals surface area contributed by atoms with Gasteiger partial charge >= 0.3 is 0 Å². The largest absolute Gasteiger partial charge is 0.379 e. The number of ether oxygens (including phenoxy) is 1. The summed E-state index contributed by atoms with van der Waals surface area (Å²) in [5.41, 5.74) is 0.491. The molecule has 0 spiro atoms. The second kappa shape index (κ2) is 9.01. The van der Waals surface area contributed by atoms with Crippen molar-refractivity contribution in [2.24, 2.45) is 0 Å². The van der Waals surface area contributed by atoms with Gasteiger partial charge in [-0.15, -0.1) is 0 Å². The summed E-state index contributed by atoms with van der Waals surface area (Å²) >= 11 is 11.1. The van der Waals surface area contributed by atoms with Crippen LogP contribution in [-0.4, -0.2) is 49.1 Å². The molecule has 3 rings (SSSR count). The number of benzene rings is 2. The van der Waals surface area contributed by atoms with Crippen molar-refractivity contribution in [2.75, 3.05) is 36.9 Å². The first-order chi connectivity index (χ1) is 13.8. The van der Waals surface area contributed by atoms with Crippen molar-refractivity contribution >= 4 is 56.0 Å². The molecule has 2 aromatic rings. The maximum Gasteiger partial charge on any atom is 0.292 e. The zero-order valence-electron chi connectivity index (χ0n) is 15.0. The Kier molecular flexibility index (Phi) is 6.65. The first-order valence-corrected chi connectivity index (χ1v) is 10.7. The number of sulfonamides is 1. The van der Waals surface area contributed by atoms with Crippen molar-refractivity contribution in [1.82, 2.24) is 4.31 Å². The number of halogens is 1. The Morgan fingerprint density at radius 3 is 2.41 bits per heavy atom. The highest BCUT2D eigenvalue weighted by molar-refractivity contribution is 7.89. The Labute approximate surface area is 177 Å². The number of nitro benzene ring substituents is 1. The van der Waals surface area contributed by atoms with Gasteiger partial charge in [0.15, 0.2) is 5.11 Å². The molecule has 1 aliphatic heterocycles. The molecule has 0 bridgehead atoms. The summed E-state index contributed by atoms with van der Waals surface area (Å²) in [6.45, 7) is 1.37. The van der Waals surface area contributed by atoms with Crippen molar-refractivity contribution < 1.29 is 18.1 Å². The van der Waals surface area contributed by atoms with Crippen LogP contribution in [-0.2, 0) is 14.8 Å². The van der Waals surface area contributed by atoms with Gasteiger partial charge in [-0.05, 0) is 48.6 Å². The van der Waals surface area contributed by atoms with E-state index in [0.29, 0.717) is 37.0 Å². The zero-order chi connectivity index (χ0) is 21.0. The van der Waals surface area contributed by atoms with Crippen LogP contribution in [0.5, 0.6) is 0 Å². The summed E-state index contributed by atoms with van der Waals surface area (Å²) in [5.74, 6) is 0. The molecule has 1 heterocycles. The molecule has 2 aromatic carbocycles. The molecule has 1 fully saturated rings. The van der Waals surface area contributed by atoms with E-state index in [-0.39, 0.29) is 21.4 Å². The van der Waals surface area contributed by atoms with Crippen LogP contribution >= 0.6 is 23.8 Å². The summed E-state index contributed by atoms with van der Waals surface area (Å²) in [6.07, 6.45) is 0. The van der Waals surface area contributed by atoms with Gasteiger partial charge in [-0.1, -0.05) is 11.6 Å². The van der Waals surface area contributed by atoms with Crippen molar-refractivity contribution in [3.63, 3.8) is 0 Å². The van der Waals surface area contributed by atoms with Gasteiger partial charge in [0.2, 0.25) is 10.0 Å².